The Labute approximate surface area is 136 Å². The van der Waals surface area contributed by atoms with Gasteiger partial charge < -0.3 is 9.88 Å². The average Bonchev–Trinajstić information content (AvgIpc) is 3.07. The number of carbonyl (C=O) groups excluding carboxylic acids is 1. The maximum absolute atomic E-state index is 12.4. The first kappa shape index (κ1) is 16.4. The fraction of sp³-hybridized carbons (Fsp3) is 0.786. The lowest BCUT2D eigenvalue weighted by Gasteiger charge is -2.21. The van der Waals surface area contributed by atoms with E-state index in [0.717, 1.165) is 43.7 Å². The smallest absolute Gasteiger partial charge is 0.238 e. The van der Waals surface area contributed by atoms with Gasteiger partial charge in [-0.1, -0.05) is 6.42 Å². The summed E-state index contributed by atoms with van der Waals surface area (Å²) in [6.45, 7) is 1.59. The summed E-state index contributed by atoms with van der Waals surface area (Å²) >= 11 is 0. The summed E-state index contributed by atoms with van der Waals surface area (Å²) in [6.07, 6.45) is 6.75. The van der Waals surface area contributed by atoms with Crippen molar-refractivity contribution in [3.05, 3.63) is 11.6 Å². The number of amides is 1. The molecule has 1 saturated heterocycles. The fourth-order valence-corrected chi connectivity index (χ4v) is 4.48. The molecule has 0 unspecified atom stereocenters. The number of rotatable bonds is 4. The van der Waals surface area contributed by atoms with Crippen LogP contribution >= 0.6 is 0 Å². The lowest BCUT2D eigenvalue weighted by Crippen LogP contribution is -2.45. The number of aryl methyl sites for hydroxylation is 1. The summed E-state index contributed by atoms with van der Waals surface area (Å²) in [5.41, 5.74) is 0. The Balaban J connectivity index is 1.64. The largest absolute Gasteiger partial charge is 0.347 e. The quantitative estimate of drug-likeness (QED) is 0.834. The van der Waals surface area contributed by atoms with Gasteiger partial charge in [0.1, 0.15) is 11.9 Å². The van der Waals surface area contributed by atoms with Gasteiger partial charge in [-0.15, -0.1) is 10.2 Å². The first-order valence-electron chi connectivity index (χ1n) is 8.12. The van der Waals surface area contributed by atoms with E-state index < -0.39 is 16.1 Å². The van der Waals surface area contributed by atoms with Crippen molar-refractivity contribution >= 4 is 15.9 Å². The average molecular weight is 341 g/mol. The van der Waals surface area contributed by atoms with Crippen molar-refractivity contribution in [2.24, 2.45) is 0 Å². The lowest BCUT2D eigenvalue weighted by atomic mass is 10.2. The Kier molecular flexibility index (Phi) is 4.67. The van der Waals surface area contributed by atoms with E-state index in [1.807, 2.05) is 0 Å². The van der Waals surface area contributed by atoms with E-state index in [2.05, 4.69) is 20.1 Å². The maximum Gasteiger partial charge on any atom is 0.238 e. The van der Waals surface area contributed by atoms with Gasteiger partial charge in [-0.05, 0) is 25.7 Å². The Morgan fingerprint density at radius 2 is 2.04 bits per heavy atom. The van der Waals surface area contributed by atoms with E-state index in [4.69, 9.17) is 0 Å². The van der Waals surface area contributed by atoms with Gasteiger partial charge in [0.05, 0.1) is 12.8 Å². The molecule has 128 valence electrons. The summed E-state index contributed by atoms with van der Waals surface area (Å²) in [6, 6.07) is -0.600. The summed E-state index contributed by atoms with van der Waals surface area (Å²) in [5, 5.41) is 11.2. The molecule has 0 radical (unpaired) electrons. The van der Waals surface area contributed by atoms with Gasteiger partial charge in [0.25, 0.3) is 0 Å². The third-order valence-corrected chi connectivity index (χ3v) is 5.83. The molecule has 2 aliphatic rings. The highest BCUT2D eigenvalue weighted by molar-refractivity contribution is 7.88. The molecule has 1 fully saturated rings. The predicted molar refractivity (Wildman–Crippen MR) is 84.0 cm³/mol. The van der Waals surface area contributed by atoms with Gasteiger partial charge in [0.15, 0.2) is 5.82 Å². The van der Waals surface area contributed by atoms with Gasteiger partial charge in [0.2, 0.25) is 15.9 Å². The number of hydrogen-bond acceptors (Lipinski definition) is 5. The van der Waals surface area contributed by atoms with Crippen molar-refractivity contribution in [2.75, 3.05) is 12.8 Å². The third-order valence-electron chi connectivity index (χ3n) is 4.54. The van der Waals surface area contributed by atoms with Crippen molar-refractivity contribution in [1.29, 1.82) is 0 Å². The molecule has 0 spiro atoms. The highest BCUT2D eigenvalue weighted by Crippen LogP contribution is 2.20. The van der Waals surface area contributed by atoms with Crippen LogP contribution in [0, 0.1) is 0 Å². The normalized spacial score (nSPS) is 22.6. The molecule has 23 heavy (non-hydrogen) atoms. The van der Waals surface area contributed by atoms with Gasteiger partial charge in [-0.25, -0.2) is 8.42 Å². The molecular formula is C14H23N5O3S. The summed E-state index contributed by atoms with van der Waals surface area (Å²) in [7, 11) is -3.35. The first-order valence-corrected chi connectivity index (χ1v) is 9.97. The Bertz CT molecular complexity index is 685. The second-order valence-electron chi connectivity index (χ2n) is 6.24. The molecule has 8 nitrogen and oxygen atoms in total. The molecule has 0 aliphatic carbocycles. The SMILES string of the molecule is CS(=O)(=O)N1CCC[C@H]1C(=O)NCc1nnc2n1CCCCC2. The molecule has 0 saturated carbocycles. The van der Waals surface area contributed by atoms with Crippen molar-refractivity contribution < 1.29 is 13.2 Å². The van der Waals surface area contributed by atoms with Gasteiger partial charge >= 0.3 is 0 Å². The van der Waals surface area contributed by atoms with Crippen LogP contribution in [-0.4, -0.2) is 52.2 Å². The molecule has 1 amide bonds. The molecule has 0 bridgehead atoms. The van der Waals surface area contributed by atoms with E-state index in [1.165, 1.54) is 10.7 Å². The van der Waals surface area contributed by atoms with Crippen molar-refractivity contribution in [3.8, 4) is 0 Å². The van der Waals surface area contributed by atoms with E-state index in [-0.39, 0.29) is 5.91 Å². The number of carbonyl (C=O) groups is 1. The van der Waals surface area contributed by atoms with E-state index >= 15 is 0 Å². The zero-order valence-electron chi connectivity index (χ0n) is 13.4. The van der Waals surface area contributed by atoms with Crippen LogP contribution in [0.15, 0.2) is 0 Å². The zero-order chi connectivity index (χ0) is 16.4. The minimum absolute atomic E-state index is 0.251. The molecule has 9 heteroatoms. The van der Waals surface area contributed by atoms with Gasteiger partial charge in [0, 0.05) is 19.5 Å². The predicted octanol–water partition coefficient (Wildman–Crippen LogP) is 0.0447. The van der Waals surface area contributed by atoms with Crippen molar-refractivity contribution in [3.63, 3.8) is 0 Å². The number of aromatic nitrogens is 3. The Morgan fingerprint density at radius 1 is 1.22 bits per heavy atom. The molecule has 1 aromatic rings. The molecule has 3 heterocycles. The summed E-state index contributed by atoms with van der Waals surface area (Å²) in [4.78, 5) is 12.4. The molecule has 0 aromatic carbocycles. The van der Waals surface area contributed by atoms with Crippen LogP contribution in [-0.2, 0) is 34.3 Å². The van der Waals surface area contributed by atoms with E-state index in [0.29, 0.717) is 25.9 Å². The number of fused-ring (bicyclic) bond motifs is 1. The second kappa shape index (κ2) is 6.56. The Morgan fingerprint density at radius 3 is 2.83 bits per heavy atom. The molecular weight excluding hydrogens is 318 g/mol. The number of hydrogen-bond donors (Lipinski definition) is 1. The minimum atomic E-state index is -3.35. The molecule has 2 aliphatic heterocycles. The summed E-state index contributed by atoms with van der Waals surface area (Å²) in [5.74, 6) is 1.48. The highest BCUT2D eigenvalue weighted by atomic mass is 32.2. The topological polar surface area (TPSA) is 97.2 Å². The number of nitrogens with one attached hydrogen (secondary N) is 1. The van der Waals surface area contributed by atoms with Crippen LogP contribution in [0.2, 0.25) is 0 Å². The van der Waals surface area contributed by atoms with Crippen molar-refractivity contribution in [1.82, 2.24) is 24.4 Å². The molecule has 1 atom stereocenters. The highest BCUT2D eigenvalue weighted by Gasteiger charge is 2.36. The standard InChI is InChI=1S/C14H23N5O3S/c1-23(21,22)19-9-5-6-11(19)14(20)15-10-13-17-16-12-7-3-2-4-8-18(12)13/h11H,2-10H2,1H3,(H,15,20)/t11-/m0/s1. The fourth-order valence-electron chi connectivity index (χ4n) is 3.36. The van der Waals surface area contributed by atoms with Gasteiger partial charge in [-0.3, -0.25) is 4.79 Å². The number of nitrogens with zero attached hydrogens (tertiary/aromatic N) is 4. The van der Waals surface area contributed by atoms with Crippen LogP contribution in [0.4, 0.5) is 0 Å². The van der Waals surface area contributed by atoms with Crippen LogP contribution in [0.25, 0.3) is 0 Å². The van der Waals surface area contributed by atoms with Crippen LogP contribution in [0.5, 0.6) is 0 Å². The molecule has 1 N–H and O–H groups in total. The lowest BCUT2D eigenvalue weighted by molar-refractivity contribution is -0.124. The third kappa shape index (κ3) is 3.55. The Hall–Kier alpha value is -1.48. The zero-order valence-corrected chi connectivity index (χ0v) is 14.2. The van der Waals surface area contributed by atoms with Crippen LogP contribution in [0.1, 0.15) is 43.8 Å². The molecule has 1 aromatic heterocycles. The summed E-state index contributed by atoms with van der Waals surface area (Å²) < 4.78 is 26.8. The van der Waals surface area contributed by atoms with Crippen molar-refractivity contribution in [2.45, 2.75) is 57.7 Å². The van der Waals surface area contributed by atoms with E-state index in [1.54, 1.807) is 0 Å². The maximum atomic E-state index is 12.4. The number of sulfonamides is 1. The minimum Gasteiger partial charge on any atom is -0.347 e. The van der Waals surface area contributed by atoms with Crippen LogP contribution in [0.3, 0.4) is 0 Å². The monoisotopic (exact) mass is 341 g/mol. The van der Waals surface area contributed by atoms with E-state index in [9.17, 15) is 13.2 Å². The first-order chi connectivity index (χ1) is 11.0. The van der Waals surface area contributed by atoms with Crippen LogP contribution < -0.4 is 5.32 Å². The second-order valence-corrected chi connectivity index (χ2v) is 8.18. The molecule has 3 rings (SSSR count). The van der Waals surface area contributed by atoms with Gasteiger partial charge in [-0.2, -0.15) is 4.31 Å².